The number of nitrogen functional groups attached to an aromatic ring is 1. The van der Waals surface area contributed by atoms with Crippen LogP contribution in [0, 0.1) is 24.6 Å². The Labute approximate surface area is 155 Å². The Morgan fingerprint density at radius 2 is 2.04 bits per heavy atom. The van der Waals surface area contributed by atoms with E-state index >= 15 is 0 Å². The van der Waals surface area contributed by atoms with Gasteiger partial charge in [0.15, 0.2) is 0 Å². The lowest BCUT2D eigenvalue weighted by Gasteiger charge is -2.31. The van der Waals surface area contributed by atoms with Crippen molar-refractivity contribution in [2.45, 2.75) is 19.8 Å². The van der Waals surface area contributed by atoms with E-state index in [4.69, 9.17) is 5.73 Å². The number of halogens is 2. The van der Waals surface area contributed by atoms with Crippen LogP contribution in [0.15, 0.2) is 46.5 Å². The average molecular weight is 400 g/mol. The summed E-state index contributed by atoms with van der Waals surface area (Å²) in [6.07, 6.45) is 3.76. The normalized spacial score (nSPS) is 14.0. The fourth-order valence-corrected chi connectivity index (χ4v) is 3.25. The maximum absolute atomic E-state index is 13.8. The van der Waals surface area contributed by atoms with Crippen molar-refractivity contribution in [1.82, 2.24) is 4.98 Å². The summed E-state index contributed by atoms with van der Waals surface area (Å²) in [4.78, 5) is 6.49. The topological polar surface area (TPSA) is 42.1 Å². The fraction of sp³-hybridized carbons (Fsp3) is 0.250. The molecule has 1 fully saturated rings. The van der Waals surface area contributed by atoms with Crippen LogP contribution in [0.25, 0.3) is 0 Å². The van der Waals surface area contributed by atoms with E-state index in [9.17, 15) is 4.39 Å². The van der Waals surface area contributed by atoms with E-state index in [-0.39, 0.29) is 11.5 Å². The highest BCUT2D eigenvalue weighted by molar-refractivity contribution is 9.10. The Morgan fingerprint density at radius 3 is 2.76 bits per heavy atom. The molecule has 0 atom stereocenters. The summed E-state index contributed by atoms with van der Waals surface area (Å²) >= 11 is 3.33. The molecule has 5 heteroatoms. The van der Waals surface area contributed by atoms with Crippen molar-refractivity contribution in [3.63, 3.8) is 0 Å². The van der Waals surface area contributed by atoms with Crippen molar-refractivity contribution in [2.75, 3.05) is 23.7 Å². The van der Waals surface area contributed by atoms with Gasteiger partial charge < -0.3 is 10.6 Å². The van der Waals surface area contributed by atoms with Crippen molar-refractivity contribution in [2.24, 2.45) is 0 Å². The van der Waals surface area contributed by atoms with E-state index < -0.39 is 0 Å². The molecule has 2 aromatic rings. The lowest BCUT2D eigenvalue weighted by Crippen LogP contribution is -2.31. The molecule has 0 bridgehead atoms. The number of anilines is 2. The van der Waals surface area contributed by atoms with Gasteiger partial charge in [-0.2, -0.15) is 0 Å². The molecule has 1 aromatic heterocycles. The van der Waals surface area contributed by atoms with Crippen LogP contribution in [0.3, 0.4) is 0 Å². The summed E-state index contributed by atoms with van der Waals surface area (Å²) in [5, 5.41) is 0. The van der Waals surface area contributed by atoms with Crippen LogP contribution in [0.5, 0.6) is 0 Å². The molecule has 0 amide bonds. The second-order valence-corrected chi connectivity index (χ2v) is 6.96. The molecule has 0 aliphatic carbocycles. The molecule has 0 unspecified atom stereocenters. The second-order valence-electron chi connectivity index (χ2n) is 6.04. The van der Waals surface area contributed by atoms with Gasteiger partial charge in [0.1, 0.15) is 11.5 Å². The molecule has 0 radical (unpaired) electrons. The minimum absolute atomic E-state index is 0.209. The van der Waals surface area contributed by atoms with E-state index in [1.807, 2.05) is 37.3 Å². The Kier molecular flexibility index (Phi) is 5.40. The van der Waals surface area contributed by atoms with Gasteiger partial charge in [-0.15, -0.1) is 0 Å². The first-order chi connectivity index (χ1) is 12.0. The molecule has 2 N–H and O–H groups in total. The number of aromatic nitrogens is 1. The number of nitrogens with two attached hydrogens (primary N) is 1. The Morgan fingerprint density at radius 1 is 1.28 bits per heavy atom. The van der Waals surface area contributed by atoms with E-state index in [1.165, 1.54) is 11.6 Å². The zero-order chi connectivity index (χ0) is 17.8. The maximum atomic E-state index is 13.8. The highest BCUT2D eigenvalue weighted by Crippen LogP contribution is 2.32. The number of aryl methyl sites for hydroxylation is 1. The summed E-state index contributed by atoms with van der Waals surface area (Å²) in [5.74, 6) is 5.78. The summed E-state index contributed by atoms with van der Waals surface area (Å²) in [6.45, 7) is 3.56. The highest BCUT2D eigenvalue weighted by atomic mass is 79.9. The van der Waals surface area contributed by atoms with Crippen LogP contribution in [0.4, 0.5) is 15.8 Å². The van der Waals surface area contributed by atoms with Crippen molar-refractivity contribution >= 4 is 27.3 Å². The first-order valence-electron chi connectivity index (χ1n) is 8.15. The summed E-state index contributed by atoms with van der Waals surface area (Å²) < 4.78 is 14.5. The third-order valence-electron chi connectivity index (χ3n) is 4.18. The first-order valence-corrected chi connectivity index (χ1v) is 8.95. The van der Waals surface area contributed by atoms with Gasteiger partial charge in [-0.05, 0) is 56.0 Å². The number of hydrogen-bond acceptors (Lipinski definition) is 3. The molecule has 1 aromatic carbocycles. The van der Waals surface area contributed by atoms with Gasteiger partial charge in [0.2, 0.25) is 0 Å². The molecule has 1 saturated heterocycles. The highest BCUT2D eigenvalue weighted by Gasteiger charge is 2.18. The maximum Gasteiger partial charge on any atom is 0.149 e. The van der Waals surface area contributed by atoms with Gasteiger partial charge in [-0.3, -0.25) is 0 Å². The summed E-state index contributed by atoms with van der Waals surface area (Å²) in [7, 11) is 0. The summed E-state index contributed by atoms with van der Waals surface area (Å²) in [5.41, 5.74) is 9.90. The minimum atomic E-state index is -0.387. The van der Waals surface area contributed by atoms with Crippen molar-refractivity contribution in [3.8, 4) is 11.8 Å². The quantitative estimate of drug-likeness (QED) is 0.568. The predicted molar refractivity (Wildman–Crippen MR) is 104 cm³/mol. The molecule has 1 aliphatic rings. The second kappa shape index (κ2) is 7.71. The first kappa shape index (κ1) is 17.5. The van der Waals surface area contributed by atoms with Gasteiger partial charge in [0.05, 0.1) is 11.4 Å². The largest absolute Gasteiger partial charge is 0.395 e. The third kappa shape index (κ3) is 4.40. The van der Waals surface area contributed by atoms with Crippen molar-refractivity contribution < 1.29 is 4.39 Å². The third-order valence-corrected chi connectivity index (χ3v) is 4.64. The van der Waals surface area contributed by atoms with Crippen LogP contribution in [0.1, 0.15) is 24.2 Å². The molecule has 3 rings (SSSR count). The van der Waals surface area contributed by atoms with Gasteiger partial charge >= 0.3 is 0 Å². The monoisotopic (exact) mass is 399 g/mol. The standard InChI is InChI=1S/C20H19BrFN3/c1-14-4-2-6-17(24-14)7-3-5-15-8-10-25(11-9-15)19-13-16(21)12-18(22)20(19)23/h2,4-6,12-13H,8-11,23H2,1H3. The van der Waals surface area contributed by atoms with Crippen molar-refractivity contribution in [1.29, 1.82) is 0 Å². The van der Waals surface area contributed by atoms with Gasteiger partial charge in [-0.25, -0.2) is 9.37 Å². The van der Waals surface area contributed by atoms with E-state index in [2.05, 4.69) is 37.7 Å². The molecular weight excluding hydrogens is 381 g/mol. The molecule has 128 valence electrons. The number of piperidine rings is 1. The zero-order valence-electron chi connectivity index (χ0n) is 14.0. The smallest absolute Gasteiger partial charge is 0.149 e. The number of benzene rings is 1. The van der Waals surface area contributed by atoms with Crippen LogP contribution < -0.4 is 10.6 Å². The van der Waals surface area contributed by atoms with Gasteiger partial charge in [0, 0.05) is 23.3 Å². The molecule has 3 nitrogen and oxygen atoms in total. The van der Waals surface area contributed by atoms with Crippen LogP contribution in [0.2, 0.25) is 0 Å². The van der Waals surface area contributed by atoms with Crippen LogP contribution in [-0.2, 0) is 0 Å². The molecule has 25 heavy (non-hydrogen) atoms. The van der Waals surface area contributed by atoms with Crippen LogP contribution in [-0.4, -0.2) is 18.1 Å². The molecular formula is C20H19BrFN3. The Bertz CT molecular complexity index is 870. The lowest BCUT2D eigenvalue weighted by atomic mass is 10.0. The lowest BCUT2D eigenvalue weighted by molar-refractivity contribution is 0.627. The average Bonchev–Trinajstić information content (AvgIpc) is 2.59. The van der Waals surface area contributed by atoms with Gasteiger partial charge in [0.25, 0.3) is 0 Å². The number of rotatable bonds is 1. The van der Waals surface area contributed by atoms with Crippen molar-refractivity contribution in [3.05, 3.63) is 63.7 Å². The fourth-order valence-electron chi connectivity index (χ4n) is 2.84. The SMILES string of the molecule is Cc1cccc(C#CC=C2CCN(c3cc(Br)cc(F)c3N)CC2)n1. The van der Waals surface area contributed by atoms with E-state index in [0.29, 0.717) is 4.47 Å². The van der Waals surface area contributed by atoms with Gasteiger partial charge in [-0.1, -0.05) is 33.5 Å². The minimum Gasteiger partial charge on any atom is -0.395 e. The van der Waals surface area contributed by atoms with E-state index in [1.54, 1.807) is 0 Å². The summed E-state index contributed by atoms with van der Waals surface area (Å²) in [6, 6.07) is 9.08. The molecule has 0 saturated carbocycles. The zero-order valence-corrected chi connectivity index (χ0v) is 15.6. The predicted octanol–water partition coefficient (Wildman–Crippen LogP) is 4.45. The van der Waals surface area contributed by atoms with E-state index in [0.717, 1.165) is 43.0 Å². The number of allylic oxidation sites excluding steroid dienone is 1. The Balaban J connectivity index is 1.66. The molecule has 2 heterocycles. The molecule has 0 spiro atoms. The molecule has 1 aliphatic heterocycles. The number of hydrogen-bond donors (Lipinski definition) is 1. The number of pyridine rings is 1. The number of nitrogens with zero attached hydrogens (tertiary/aromatic N) is 2. The van der Waals surface area contributed by atoms with Crippen LogP contribution >= 0.6 is 15.9 Å². The Hall–Kier alpha value is -2.32.